The van der Waals surface area contributed by atoms with Crippen molar-refractivity contribution in [3.05, 3.63) is 65.7 Å². The number of aryl methyl sites for hydroxylation is 1. The second-order valence-corrected chi connectivity index (χ2v) is 12.5. The van der Waals surface area contributed by atoms with Crippen molar-refractivity contribution < 1.29 is 24.3 Å². The number of piperazine rings is 1. The summed E-state index contributed by atoms with van der Waals surface area (Å²) in [6, 6.07) is 14.9. The molecule has 16 heteroatoms. The molecule has 3 heterocycles. The van der Waals surface area contributed by atoms with Gasteiger partial charge in [0.05, 0.1) is 6.54 Å². The van der Waals surface area contributed by atoms with Gasteiger partial charge in [0.15, 0.2) is 0 Å². The number of carboxylic acid groups (broad SMARTS) is 1. The number of hydrazine groups is 1. The number of nitrogens with one attached hydrogen (secondary N) is 3. The van der Waals surface area contributed by atoms with E-state index in [1.54, 1.807) is 14.6 Å². The minimum atomic E-state index is -1.18. The number of aromatic nitrogens is 7. The lowest BCUT2D eigenvalue weighted by atomic mass is 9.98. The van der Waals surface area contributed by atoms with Gasteiger partial charge in [-0.05, 0) is 41.2 Å². The molecule has 0 saturated carbocycles. The summed E-state index contributed by atoms with van der Waals surface area (Å²) >= 11 is 0. The van der Waals surface area contributed by atoms with E-state index in [1.807, 2.05) is 55.5 Å². The second-order valence-electron chi connectivity index (χ2n) is 12.5. The minimum Gasteiger partial charge on any atom is -0.480 e. The van der Waals surface area contributed by atoms with E-state index in [4.69, 9.17) is 0 Å². The van der Waals surface area contributed by atoms with Crippen LogP contribution in [0.5, 0.6) is 0 Å². The smallest absolute Gasteiger partial charge is 0.326 e. The molecule has 1 unspecified atom stereocenters. The van der Waals surface area contributed by atoms with Crippen LogP contribution in [0.25, 0.3) is 22.5 Å². The highest BCUT2D eigenvalue weighted by Crippen LogP contribution is 2.30. The number of tetrazole rings is 1. The van der Waals surface area contributed by atoms with Gasteiger partial charge in [-0.3, -0.25) is 19.8 Å². The number of carbonyl (C=O) groups is 4. The van der Waals surface area contributed by atoms with Gasteiger partial charge >= 0.3 is 5.97 Å². The van der Waals surface area contributed by atoms with Crippen LogP contribution in [0.1, 0.15) is 80.8 Å². The van der Waals surface area contributed by atoms with Crippen LogP contribution in [0.4, 0.5) is 0 Å². The molecule has 2 aromatic heterocycles. The van der Waals surface area contributed by atoms with Gasteiger partial charge in [0.2, 0.25) is 23.5 Å². The number of aliphatic carboxylic acids is 1. The summed E-state index contributed by atoms with van der Waals surface area (Å²) in [6.07, 6.45) is 4.23. The number of carbonyl (C=O) groups excluding carboxylic acids is 3. The Balaban J connectivity index is 1.16. The third-order valence-electron chi connectivity index (χ3n) is 8.70. The number of aromatic amines is 1. The molecule has 5 rings (SSSR count). The quantitative estimate of drug-likeness (QED) is 0.126. The number of unbranched alkanes of at least 4 members (excludes halogenated alkanes) is 2. The van der Waals surface area contributed by atoms with Crippen molar-refractivity contribution in [2.75, 3.05) is 26.2 Å². The minimum absolute atomic E-state index is 0.0220. The van der Waals surface area contributed by atoms with Gasteiger partial charge in [0, 0.05) is 51.0 Å². The average molecular weight is 700 g/mol. The van der Waals surface area contributed by atoms with Crippen LogP contribution in [0, 0.1) is 0 Å². The van der Waals surface area contributed by atoms with Gasteiger partial charge in [0.25, 0.3) is 5.91 Å². The van der Waals surface area contributed by atoms with Crippen LogP contribution in [0.3, 0.4) is 0 Å². The first kappa shape index (κ1) is 36.8. The Morgan fingerprint density at radius 2 is 1.63 bits per heavy atom. The first-order valence-electron chi connectivity index (χ1n) is 17.5. The fourth-order valence-electron chi connectivity index (χ4n) is 5.81. The molecule has 1 aliphatic heterocycles. The normalized spacial score (nSPS) is 13.9. The maximum absolute atomic E-state index is 13.5. The number of nitrogens with zero attached hydrogens (tertiary/aromatic N) is 8. The Kier molecular flexibility index (Phi) is 12.9. The van der Waals surface area contributed by atoms with Crippen molar-refractivity contribution in [2.24, 2.45) is 0 Å². The average Bonchev–Trinajstić information content (AvgIpc) is 3.83. The van der Waals surface area contributed by atoms with Crippen LogP contribution in [-0.2, 0) is 27.3 Å². The van der Waals surface area contributed by atoms with Crippen LogP contribution >= 0.6 is 0 Å². The third-order valence-corrected chi connectivity index (χ3v) is 8.70. The van der Waals surface area contributed by atoms with Crippen molar-refractivity contribution in [3.8, 4) is 22.5 Å². The molecule has 3 amide bonds. The molecule has 2 aromatic carbocycles. The van der Waals surface area contributed by atoms with Gasteiger partial charge in [-0.15, -0.1) is 15.3 Å². The fraction of sp³-hybridized carbons (Fsp3) is 0.457. The van der Waals surface area contributed by atoms with Crippen LogP contribution in [-0.4, -0.2) is 106 Å². The zero-order chi connectivity index (χ0) is 36.2. The van der Waals surface area contributed by atoms with E-state index in [9.17, 15) is 24.3 Å². The number of H-pyrrole nitrogens is 1. The number of amides is 3. The number of hydrogen-bond donors (Lipinski definition) is 4. The number of rotatable bonds is 17. The zero-order valence-electron chi connectivity index (χ0n) is 29.0. The van der Waals surface area contributed by atoms with Gasteiger partial charge in [-0.1, -0.05) is 75.2 Å². The summed E-state index contributed by atoms with van der Waals surface area (Å²) in [5, 5.41) is 32.8. The molecule has 0 spiro atoms. The van der Waals surface area contributed by atoms with Crippen LogP contribution in [0.2, 0.25) is 0 Å². The maximum Gasteiger partial charge on any atom is 0.326 e. The van der Waals surface area contributed by atoms with E-state index >= 15 is 0 Å². The lowest BCUT2D eigenvalue weighted by Gasteiger charge is -2.34. The van der Waals surface area contributed by atoms with E-state index in [0.29, 0.717) is 51.4 Å². The molecule has 16 nitrogen and oxygen atoms in total. The van der Waals surface area contributed by atoms with Crippen molar-refractivity contribution in [1.82, 2.24) is 56.0 Å². The molecule has 0 bridgehead atoms. The Hall–Kier alpha value is -5.51. The van der Waals surface area contributed by atoms with Gasteiger partial charge < -0.3 is 15.3 Å². The molecule has 4 N–H and O–H groups in total. The predicted molar refractivity (Wildman–Crippen MR) is 187 cm³/mol. The Morgan fingerprint density at radius 3 is 2.29 bits per heavy atom. The predicted octanol–water partition coefficient (Wildman–Crippen LogP) is 2.84. The number of carboxylic acids is 1. The molecule has 0 radical (unpaired) electrons. The lowest BCUT2D eigenvalue weighted by Crippen LogP contribution is -2.55. The van der Waals surface area contributed by atoms with E-state index in [2.05, 4.69) is 48.4 Å². The largest absolute Gasteiger partial charge is 0.480 e. The maximum atomic E-state index is 13.5. The monoisotopic (exact) mass is 699 g/mol. The molecule has 1 aliphatic rings. The van der Waals surface area contributed by atoms with Crippen molar-refractivity contribution in [3.63, 3.8) is 0 Å². The van der Waals surface area contributed by atoms with Crippen LogP contribution in [0.15, 0.2) is 48.5 Å². The highest BCUT2D eigenvalue weighted by atomic mass is 16.4. The van der Waals surface area contributed by atoms with E-state index < -0.39 is 12.0 Å². The van der Waals surface area contributed by atoms with E-state index in [0.717, 1.165) is 47.3 Å². The summed E-state index contributed by atoms with van der Waals surface area (Å²) in [4.78, 5) is 56.0. The Bertz CT molecular complexity index is 1770. The third kappa shape index (κ3) is 10.0. The summed E-state index contributed by atoms with van der Waals surface area (Å²) in [5.41, 5.74) is 6.66. The Labute approximate surface area is 296 Å². The van der Waals surface area contributed by atoms with Crippen molar-refractivity contribution >= 4 is 23.7 Å². The van der Waals surface area contributed by atoms with Gasteiger partial charge in [0.1, 0.15) is 11.9 Å². The summed E-state index contributed by atoms with van der Waals surface area (Å²) in [5.74, 6) is -0.720. The summed E-state index contributed by atoms with van der Waals surface area (Å²) < 4.78 is 1.80. The van der Waals surface area contributed by atoms with Crippen LogP contribution < -0.4 is 10.7 Å². The molecule has 1 fully saturated rings. The van der Waals surface area contributed by atoms with Gasteiger partial charge in [-0.25, -0.2) is 19.5 Å². The summed E-state index contributed by atoms with van der Waals surface area (Å²) in [7, 11) is 0. The molecule has 270 valence electrons. The zero-order valence-corrected chi connectivity index (χ0v) is 29.0. The number of benzene rings is 2. The van der Waals surface area contributed by atoms with Gasteiger partial charge in [-0.2, -0.15) is 5.21 Å². The van der Waals surface area contributed by atoms with E-state index in [-0.39, 0.29) is 42.8 Å². The first-order chi connectivity index (χ1) is 24.7. The second kappa shape index (κ2) is 17.9. The number of hydrogen-bond acceptors (Lipinski definition) is 10. The van der Waals surface area contributed by atoms with Crippen molar-refractivity contribution in [2.45, 2.75) is 77.8 Å². The topological polar surface area (TPSA) is 204 Å². The van der Waals surface area contributed by atoms with E-state index in [1.165, 1.54) is 0 Å². The standard InChI is InChI=1S/C35H45N11O5/c1-3-5-11-29-37-33(41-46(29)23-24-13-15-25(16-14-24)26-9-7-8-10-27(26)32-38-42-43-39-32)34(49)44-19-21-45(22-20-44)40-31(48)18-17-28(35(50)51)36-30(47)12-6-4-2/h7-10,13-16,28H,3-6,11-12,17-23H2,1-2H3,(H,36,47)(H,40,48)(H,50,51)(H,38,39,42,43). The molecule has 1 atom stereocenters. The lowest BCUT2D eigenvalue weighted by molar-refractivity contribution is -0.142. The SMILES string of the molecule is CCCCC(=O)NC(CCC(=O)NN1CCN(C(=O)c2nc(CCCC)n(Cc3ccc(-c4ccccc4-c4nn[nH]n4)cc3)n2)CC1)C(=O)O. The molecular formula is C35H45N11O5. The Morgan fingerprint density at radius 1 is 0.902 bits per heavy atom. The molecule has 51 heavy (non-hydrogen) atoms. The highest BCUT2D eigenvalue weighted by molar-refractivity contribution is 5.90. The molecule has 1 saturated heterocycles. The molecule has 4 aromatic rings. The molecular weight excluding hydrogens is 654 g/mol. The molecule has 0 aliphatic carbocycles. The summed E-state index contributed by atoms with van der Waals surface area (Å²) in [6.45, 7) is 6.00. The fourth-order valence-corrected chi connectivity index (χ4v) is 5.81. The highest BCUT2D eigenvalue weighted by Gasteiger charge is 2.27. The van der Waals surface area contributed by atoms with Crippen molar-refractivity contribution in [1.29, 1.82) is 0 Å². The first-order valence-corrected chi connectivity index (χ1v) is 17.5.